The first-order chi connectivity index (χ1) is 43.6. The van der Waals surface area contributed by atoms with Crippen LogP contribution in [0.5, 0.6) is 0 Å². The number of hydrogen-bond donors (Lipinski definition) is 0. The Kier molecular flexibility index (Phi) is 12.6. The summed E-state index contributed by atoms with van der Waals surface area (Å²) in [7, 11) is 0. The summed E-state index contributed by atoms with van der Waals surface area (Å²) in [6, 6.07) is 109. The van der Waals surface area contributed by atoms with Crippen LogP contribution in [-0.2, 0) is 0 Å². The third kappa shape index (κ3) is 9.22. The predicted molar refractivity (Wildman–Crippen MR) is 373 cm³/mol. The van der Waals surface area contributed by atoms with Gasteiger partial charge in [-0.15, -0.1) is 22.7 Å². The van der Waals surface area contributed by atoms with E-state index in [1.54, 1.807) is 0 Å². The lowest BCUT2D eigenvalue weighted by molar-refractivity contribution is 1.18. The van der Waals surface area contributed by atoms with E-state index in [4.69, 9.17) is 19.9 Å². The second-order valence-electron chi connectivity index (χ2n) is 22.4. The number of rotatable bonds is 10. The summed E-state index contributed by atoms with van der Waals surface area (Å²) in [5.74, 6) is 1.36. The zero-order valence-corrected chi connectivity index (χ0v) is 49.1. The highest BCUT2D eigenvalue weighted by Gasteiger charge is 2.19. The number of benzene rings is 13. The van der Waals surface area contributed by atoms with Crippen LogP contribution >= 0.6 is 22.7 Å². The van der Waals surface area contributed by atoms with Crippen LogP contribution in [0.15, 0.2) is 303 Å². The van der Waals surface area contributed by atoms with E-state index in [-0.39, 0.29) is 0 Å². The minimum Gasteiger partial charge on any atom is -0.228 e. The van der Waals surface area contributed by atoms with Crippen molar-refractivity contribution in [2.45, 2.75) is 0 Å². The smallest absolute Gasteiger partial charge is 0.160 e. The molecule has 0 spiro atoms. The normalized spacial score (nSPS) is 11.6. The van der Waals surface area contributed by atoms with Crippen LogP contribution in [0.3, 0.4) is 0 Å². The minimum atomic E-state index is 0.675. The van der Waals surface area contributed by atoms with E-state index in [1.165, 1.54) is 84.3 Å². The molecule has 410 valence electrons. The van der Waals surface area contributed by atoms with Crippen molar-refractivity contribution in [3.05, 3.63) is 303 Å². The molecule has 0 aliphatic rings. The molecule has 17 aromatic rings. The fourth-order valence-electron chi connectivity index (χ4n) is 12.8. The first-order valence-corrected chi connectivity index (χ1v) is 31.3. The van der Waals surface area contributed by atoms with Gasteiger partial charge in [-0.2, -0.15) is 0 Å². The number of aromatic nitrogens is 4. The monoisotopic (exact) mass is 1150 g/mol. The highest BCUT2D eigenvalue weighted by Crippen LogP contribution is 2.44. The average molecular weight is 1160 g/mol. The van der Waals surface area contributed by atoms with E-state index in [0.29, 0.717) is 11.6 Å². The van der Waals surface area contributed by atoms with Gasteiger partial charge in [0.2, 0.25) is 0 Å². The van der Waals surface area contributed by atoms with Crippen LogP contribution in [-0.4, -0.2) is 19.9 Å². The van der Waals surface area contributed by atoms with E-state index in [1.807, 2.05) is 46.9 Å². The van der Waals surface area contributed by atoms with Gasteiger partial charge in [0, 0.05) is 73.7 Å². The van der Waals surface area contributed by atoms with Gasteiger partial charge in [0.1, 0.15) is 0 Å². The lowest BCUT2D eigenvalue weighted by Gasteiger charge is -2.16. The second-order valence-corrected chi connectivity index (χ2v) is 24.6. The summed E-state index contributed by atoms with van der Waals surface area (Å²) in [6.45, 7) is 0. The molecule has 0 aliphatic heterocycles. The average Bonchev–Trinajstić information content (AvgIpc) is 1.27. The fraction of sp³-hybridized carbons (Fsp3) is 0. The van der Waals surface area contributed by atoms with Crippen LogP contribution in [0, 0.1) is 0 Å². The van der Waals surface area contributed by atoms with Crippen LogP contribution in [0.1, 0.15) is 0 Å². The van der Waals surface area contributed by atoms with Gasteiger partial charge in [0.15, 0.2) is 11.6 Å². The second kappa shape index (κ2) is 21.5. The molecule has 0 saturated heterocycles. The van der Waals surface area contributed by atoms with Crippen molar-refractivity contribution in [3.63, 3.8) is 0 Å². The Balaban J connectivity index is 0.701. The maximum atomic E-state index is 5.33. The van der Waals surface area contributed by atoms with Crippen molar-refractivity contribution < 1.29 is 0 Å². The molecule has 4 aromatic heterocycles. The van der Waals surface area contributed by atoms with Crippen LogP contribution < -0.4 is 0 Å². The number of thiophene rings is 2. The number of nitrogens with zero attached hydrogens (tertiary/aromatic N) is 4. The quantitative estimate of drug-likeness (QED) is 0.128. The molecule has 17 rings (SSSR count). The van der Waals surface area contributed by atoms with E-state index in [9.17, 15) is 0 Å². The van der Waals surface area contributed by atoms with Crippen molar-refractivity contribution in [2.24, 2.45) is 0 Å². The van der Waals surface area contributed by atoms with Gasteiger partial charge in [0.05, 0.1) is 22.8 Å². The van der Waals surface area contributed by atoms with Crippen LogP contribution in [0.4, 0.5) is 0 Å². The van der Waals surface area contributed by atoms with Gasteiger partial charge in [-0.1, -0.05) is 255 Å². The third-order valence-electron chi connectivity index (χ3n) is 17.1. The fourth-order valence-corrected chi connectivity index (χ4v) is 15.1. The molecule has 0 radical (unpaired) electrons. The van der Waals surface area contributed by atoms with E-state index >= 15 is 0 Å². The number of hydrogen-bond acceptors (Lipinski definition) is 6. The zero-order chi connectivity index (χ0) is 58.1. The lowest BCUT2D eigenvalue weighted by Crippen LogP contribution is -1.96. The maximum absolute atomic E-state index is 5.33. The summed E-state index contributed by atoms with van der Waals surface area (Å²) in [5, 5.41) is 9.94. The molecule has 13 aromatic carbocycles. The van der Waals surface area contributed by atoms with Crippen LogP contribution in [0.2, 0.25) is 0 Å². The lowest BCUT2D eigenvalue weighted by atomic mass is 9.88. The summed E-state index contributed by atoms with van der Waals surface area (Å²) < 4.78 is 5.23. The topological polar surface area (TPSA) is 51.6 Å². The molecule has 4 heterocycles. The highest BCUT2D eigenvalue weighted by molar-refractivity contribution is 7.26. The van der Waals surface area contributed by atoms with Crippen molar-refractivity contribution in [2.75, 3.05) is 0 Å². The van der Waals surface area contributed by atoms with Crippen molar-refractivity contribution in [3.8, 4) is 112 Å². The molecule has 0 atom stereocenters. The molecule has 88 heavy (non-hydrogen) atoms. The van der Waals surface area contributed by atoms with Crippen molar-refractivity contribution >= 4 is 84.6 Å². The first kappa shape index (κ1) is 51.4. The Hall–Kier alpha value is -11.0. The van der Waals surface area contributed by atoms with Gasteiger partial charge in [-0.3, -0.25) is 0 Å². The molecule has 0 unspecified atom stereocenters. The predicted octanol–water partition coefficient (Wildman–Crippen LogP) is 23.0. The number of fused-ring (bicyclic) bond motifs is 9. The molecule has 0 bridgehead atoms. The van der Waals surface area contributed by atoms with Crippen LogP contribution in [0.25, 0.3) is 174 Å². The Bertz CT molecular complexity index is 5540. The third-order valence-corrected chi connectivity index (χ3v) is 19.5. The molecule has 0 fully saturated rings. The largest absolute Gasteiger partial charge is 0.228 e. The van der Waals surface area contributed by atoms with Gasteiger partial charge >= 0.3 is 0 Å². The van der Waals surface area contributed by atoms with E-state index in [2.05, 4.69) is 279 Å². The van der Waals surface area contributed by atoms with Crippen molar-refractivity contribution in [1.29, 1.82) is 0 Å². The minimum absolute atomic E-state index is 0.675. The van der Waals surface area contributed by atoms with Gasteiger partial charge in [-0.05, 0) is 115 Å². The molecule has 0 saturated carbocycles. The van der Waals surface area contributed by atoms with Gasteiger partial charge in [0.25, 0.3) is 0 Å². The highest BCUT2D eigenvalue weighted by atomic mass is 32.1. The Morgan fingerprint density at radius 2 is 0.636 bits per heavy atom. The van der Waals surface area contributed by atoms with Gasteiger partial charge in [-0.25, -0.2) is 19.9 Å². The summed E-state index contributed by atoms with van der Waals surface area (Å²) in [5.41, 5.74) is 18.9. The molecular weight excluding hydrogens is 1110 g/mol. The van der Waals surface area contributed by atoms with Crippen molar-refractivity contribution in [1.82, 2.24) is 19.9 Å². The van der Waals surface area contributed by atoms with E-state index in [0.717, 1.165) is 78.2 Å². The summed E-state index contributed by atoms with van der Waals surface area (Å²) in [4.78, 5) is 21.0. The standard InChI is InChI=1S/C82H50N4S2/c1-3-16-54(17-4-1)72-49-75(55-38-32-51(33-39-55)59-44-45-78-71(47-59)67-25-10-11-30-76(67)87-78)86-82(85-72)62-22-13-20-60(46-62)63-27-14-21-61-48-70(65-23-7-8-26-68(65)79(61)63)53-36-42-57(43-37-53)74-50-73(83-81(84-74)58-18-5-2-6-19-58)56-40-34-52(35-41-56)64-28-15-29-69-66-24-9-12-31-77(66)88-80(64)69/h1-50H. The first-order valence-electron chi connectivity index (χ1n) is 29.7. The van der Waals surface area contributed by atoms with E-state index < -0.39 is 0 Å². The molecule has 6 heteroatoms. The molecule has 0 N–H and O–H groups in total. The maximum Gasteiger partial charge on any atom is 0.160 e. The Morgan fingerprint density at radius 1 is 0.205 bits per heavy atom. The van der Waals surface area contributed by atoms with Gasteiger partial charge < -0.3 is 0 Å². The zero-order valence-electron chi connectivity index (χ0n) is 47.5. The SMILES string of the molecule is c1ccc(-c2cc(-c3ccc(-c4ccc5sc6ccccc6c5c4)cc3)nc(-c3cccc(-c4cccc5cc(-c6ccc(-c7cc(-c8ccc(-c9cccc%10c9sc9ccccc9%10)cc8)nc(-c8ccccc8)n7)cc6)c6ccccc6c45)c3)n2)cc1. The Morgan fingerprint density at radius 3 is 1.30 bits per heavy atom. The molecule has 0 aliphatic carbocycles. The summed E-state index contributed by atoms with van der Waals surface area (Å²) in [6.07, 6.45) is 0. The molecular formula is C82H50N4S2. The molecule has 4 nitrogen and oxygen atoms in total. The Labute approximate surface area is 516 Å². The molecule has 0 amide bonds. The summed E-state index contributed by atoms with van der Waals surface area (Å²) >= 11 is 3.70.